The molecule has 7 heteroatoms. The van der Waals surface area contributed by atoms with Crippen molar-refractivity contribution in [2.75, 3.05) is 13.1 Å². The molecule has 0 bridgehead atoms. The van der Waals surface area contributed by atoms with Crippen LogP contribution in [-0.4, -0.2) is 26.5 Å². The van der Waals surface area contributed by atoms with Gasteiger partial charge in [0, 0.05) is 12.7 Å². The molecular formula is C11H18FN3O2S. The molecule has 1 aromatic rings. The summed E-state index contributed by atoms with van der Waals surface area (Å²) in [5, 5.41) is -0.575. The van der Waals surface area contributed by atoms with Gasteiger partial charge in [-0.25, -0.2) is 22.5 Å². The van der Waals surface area contributed by atoms with Gasteiger partial charge in [0.25, 0.3) is 10.0 Å². The van der Waals surface area contributed by atoms with Crippen molar-refractivity contribution in [1.29, 1.82) is 0 Å². The predicted octanol–water partition coefficient (Wildman–Crippen LogP) is 0.874. The van der Waals surface area contributed by atoms with Crippen LogP contribution in [0.5, 0.6) is 0 Å². The maximum atomic E-state index is 13.4. The van der Waals surface area contributed by atoms with Gasteiger partial charge in [0.2, 0.25) is 5.03 Å². The maximum Gasteiger partial charge on any atom is 0.261 e. The van der Waals surface area contributed by atoms with E-state index in [9.17, 15) is 12.8 Å². The molecule has 0 saturated heterocycles. The number of pyridine rings is 1. The van der Waals surface area contributed by atoms with Gasteiger partial charge in [-0.05, 0) is 30.5 Å². The summed E-state index contributed by atoms with van der Waals surface area (Å²) in [7, 11) is -3.92. The maximum absolute atomic E-state index is 13.4. The Morgan fingerprint density at radius 1 is 1.50 bits per heavy atom. The topological polar surface area (TPSA) is 85.1 Å². The summed E-state index contributed by atoms with van der Waals surface area (Å²) in [4.78, 5) is 3.55. The van der Waals surface area contributed by atoms with Gasteiger partial charge in [-0.2, -0.15) is 0 Å². The highest BCUT2D eigenvalue weighted by molar-refractivity contribution is 7.89. The van der Waals surface area contributed by atoms with E-state index in [0.29, 0.717) is 13.0 Å². The van der Waals surface area contributed by atoms with Crippen molar-refractivity contribution >= 4 is 10.0 Å². The fraction of sp³-hybridized carbons (Fsp3) is 0.545. The first-order valence-electron chi connectivity index (χ1n) is 5.59. The molecule has 18 heavy (non-hydrogen) atoms. The van der Waals surface area contributed by atoms with E-state index in [1.807, 2.05) is 13.8 Å². The number of aromatic nitrogens is 1. The van der Waals surface area contributed by atoms with Crippen LogP contribution in [0.4, 0.5) is 4.39 Å². The first-order valence-corrected chi connectivity index (χ1v) is 7.07. The standard InChI is InChI=1S/C11H18FN3O2S/c1-11(2,5-6-13)8-15-18(16,17)10-9(12)4-3-7-14-10/h3-4,7,15H,5-6,8,13H2,1-2H3. The van der Waals surface area contributed by atoms with Crippen LogP contribution in [0, 0.1) is 11.2 Å². The summed E-state index contributed by atoms with van der Waals surface area (Å²) in [6, 6.07) is 2.40. The minimum absolute atomic E-state index is 0.183. The average Bonchev–Trinajstić information content (AvgIpc) is 2.27. The molecule has 0 amide bonds. The predicted molar refractivity (Wildman–Crippen MR) is 66.8 cm³/mol. The van der Waals surface area contributed by atoms with E-state index in [-0.39, 0.29) is 12.0 Å². The molecule has 0 spiro atoms. The molecule has 5 nitrogen and oxygen atoms in total. The van der Waals surface area contributed by atoms with E-state index in [0.717, 1.165) is 6.07 Å². The molecule has 0 aromatic carbocycles. The number of hydrogen-bond acceptors (Lipinski definition) is 4. The number of hydrogen-bond donors (Lipinski definition) is 2. The first-order chi connectivity index (χ1) is 8.28. The van der Waals surface area contributed by atoms with E-state index in [2.05, 4.69) is 9.71 Å². The monoisotopic (exact) mass is 275 g/mol. The minimum atomic E-state index is -3.92. The van der Waals surface area contributed by atoms with Crippen molar-refractivity contribution < 1.29 is 12.8 Å². The van der Waals surface area contributed by atoms with Crippen LogP contribution in [0.2, 0.25) is 0 Å². The molecule has 102 valence electrons. The Hall–Kier alpha value is -1.05. The molecule has 0 fully saturated rings. The van der Waals surface area contributed by atoms with E-state index >= 15 is 0 Å². The number of nitrogens with two attached hydrogens (primary N) is 1. The van der Waals surface area contributed by atoms with Crippen LogP contribution in [0.3, 0.4) is 0 Å². The minimum Gasteiger partial charge on any atom is -0.330 e. The van der Waals surface area contributed by atoms with Gasteiger partial charge in [-0.3, -0.25) is 0 Å². The summed E-state index contributed by atoms with van der Waals surface area (Å²) < 4.78 is 39.4. The van der Waals surface area contributed by atoms with Crippen molar-refractivity contribution in [3.8, 4) is 0 Å². The Morgan fingerprint density at radius 2 is 2.17 bits per heavy atom. The van der Waals surface area contributed by atoms with Crippen LogP contribution in [-0.2, 0) is 10.0 Å². The van der Waals surface area contributed by atoms with Crippen molar-refractivity contribution in [2.24, 2.45) is 11.1 Å². The lowest BCUT2D eigenvalue weighted by Gasteiger charge is -2.23. The fourth-order valence-corrected chi connectivity index (χ4v) is 2.65. The zero-order valence-corrected chi connectivity index (χ0v) is 11.3. The molecule has 0 saturated carbocycles. The lowest BCUT2D eigenvalue weighted by atomic mass is 9.90. The first kappa shape index (κ1) is 15.0. The number of rotatable bonds is 6. The summed E-state index contributed by atoms with van der Waals surface area (Å²) in [5.41, 5.74) is 5.15. The molecule has 0 aliphatic heterocycles. The second-order valence-corrected chi connectivity index (χ2v) is 6.50. The second kappa shape index (κ2) is 5.73. The van der Waals surface area contributed by atoms with E-state index in [4.69, 9.17) is 5.73 Å². The zero-order chi connectivity index (χ0) is 13.8. The number of sulfonamides is 1. The highest BCUT2D eigenvalue weighted by Gasteiger charge is 2.24. The van der Waals surface area contributed by atoms with Crippen molar-refractivity contribution in [3.63, 3.8) is 0 Å². The summed E-state index contributed by atoms with van der Waals surface area (Å²) in [6.07, 6.45) is 1.91. The van der Waals surface area contributed by atoms with Crippen LogP contribution in [0.1, 0.15) is 20.3 Å². The molecule has 0 unspecified atom stereocenters. The molecule has 0 atom stereocenters. The summed E-state index contributed by atoms with van der Waals surface area (Å²) in [6.45, 7) is 4.42. The number of halogens is 1. The van der Waals surface area contributed by atoms with E-state index < -0.39 is 20.9 Å². The van der Waals surface area contributed by atoms with Gasteiger partial charge in [0.15, 0.2) is 5.82 Å². The molecule has 0 aliphatic carbocycles. The summed E-state index contributed by atoms with van der Waals surface area (Å²) >= 11 is 0. The van der Waals surface area contributed by atoms with Gasteiger partial charge in [0.1, 0.15) is 0 Å². The highest BCUT2D eigenvalue weighted by atomic mass is 32.2. The third-order valence-corrected chi connectivity index (χ3v) is 3.87. The van der Waals surface area contributed by atoms with E-state index in [1.165, 1.54) is 12.3 Å². The quantitative estimate of drug-likeness (QED) is 0.807. The Balaban J connectivity index is 2.81. The van der Waals surface area contributed by atoms with Crippen molar-refractivity contribution in [2.45, 2.75) is 25.3 Å². The van der Waals surface area contributed by atoms with Gasteiger partial charge in [0.05, 0.1) is 0 Å². The smallest absolute Gasteiger partial charge is 0.261 e. The molecule has 3 N–H and O–H groups in total. The lowest BCUT2D eigenvalue weighted by Crippen LogP contribution is -2.35. The molecule has 1 aromatic heterocycles. The molecular weight excluding hydrogens is 257 g/mol. The van der Waals surface area contributed by atoms with Gasteiger partial charge < -0.3 is 5.73 Å². The van der Waals surface area contributed by atoms with E-state index in [1.54, 1.807) is 0 Å². The fourth-order valence-electron chi connectivity index (χ4n) is 1.41. The molecule has 0 aliphatic rings. The normalized spacial score (nSPS) is 12.7. The van der Waals surface area contributed by atoms with Crippen molar-refractivity contribution in [3.05, 3.63) is 24.1 Å². The Kier molecular flexibility index (Phi) is 4.78. The van der Waals surface area contributed by atoms with Crippen molar-refractivity contribution in [1.82, 2.24) is 9.71 Å². The lowest BCUT2D eigenvalue weighted by molar-refractivity contribution is 0.339. The highest BCUT2D eigenvalue weighted by Crippen LogP contribution is 2.19. The Morgan fingerprint density at radius 3 is 2.72 bits per heavy atom. The second-order valence-electron chi connectivity index (χ2n) is 4.82. The van der Waals surface area contributed by atoms with Crippen LogP contribution >= 0.6 is 0 Å². The van der Waals surface area contributed by atoms with Gasteiger partial charge in [-0.15, -0.1) is 0 Å². The SMILES string of the molecule is CC(C)(CCN)CNS(=O)(=O)c1ncccc1F. The van der Waals surface area contributed by atoms with Crippen LogP contribution in [0.15, 0.2) is 23.4 Å². The third-order valence-electron chi connectivity index (χ3n) is 2.54. The molecule has 1 rings (SSSR count). The number of nitrogens with one attached hydrogen (secondary N) is 1. The van der Waals surface area contributed by atoms with Gasteiger partial charge in [-0.1, -0.05) is 13.8 Å². The Labute approximate surface area is 107 Å². The molecule has 1 heterocycles. The third kappa shape index (κ3) is 4.01. The average molecular weight is 275 g/mol. The van der Waals surface area contributed by atoms with Crippen LogP contribution < -0.4 is 10.5 Å². The van der Waals surface area contributed by atoms with Crippen LogP contribution in [0.25, 0.3) is 0 Å². The largest absolute Gasteiger partial charge is 0.330 e. The number of nitrogens with zero attached hydrogens (tertiary/aromatic N) is 1. The molecule has 0 radical (unpaired) electrons. The Bertz CT molecular complexity index is 503. The summed E-state index contributed by atoms with van der Waals surface area (Å²) in [5.74, 6) is -0.860. The zero-order valence-electron chi connectivity index (χ0n) is 10.5. The van der Waals surface area contributed by atoms with Gasteiger partial charge >= 0.3 is 0 Å².